The smallest absolute Gasteiger partial charge is 0.413 e. The Morgan fingerprint density at radius 3 is 2.45 bits per heavy atom. The van der Waals surface area contributed by atoms with Crippen LogP contribution in [0.5, 0.6) is 0 Å². The van der Waals surface area contributed by atoms with E-state index >= 15 is 4.39 Å². The molecule has 42 heavy (non-hydrogen) atoms. The molecular formula is C27H32ClF3N6O4S. The van der Waals surface area contributed by atoms with Gasteiger partial charge in [-0.2, -0.15) is 0 Å². The maximum absolute atomic E-state index is 15.6. The number of anilines is 1. The molecule has 2 aromatic rings. The highest BCUT2D eigenvalue weighted by Crippen LogP contribution is 2.50. The molecule has 0 aromatic carbocycles. The molecule has 0 spiro atoms. The zero-order valence-electron chi connectivity index (χ0n) is 24.1. The third-order valence-electron chi connectivity index (χ3n) is 7.08. The van der Waals surface area contributed by atoms with E-state index in [9.17, 15) is 22.6 Å². The maximum Gasteiger partial charge on any atom is 0.413 e. The van der Waals surface area contributed by atoms with Crippen LogP contribution < -0.4 is 10.6 Å². The molecule has 0 saturated carbocycles. The molecule has 0 fully saturated rings. The van der Waals surface area contributed by atoms with Crippen molar-refractivity contribution in [2.24, 2.45) is 9.36 Å². The first kappa shape index (κ1) is 31.7. The fourth-order valence-electron chi connectivity index (χ4n) is 4.94. The SMILES string of the molecule is Cc1cc(Cl)cnc1C(=O)Nc1ccc(F)c([C@@]2(C)N=C(NC(=O)OC(C)(C)C)C(C)(C)[S@@]3(=O)=NCC(F)(F)C[C@H]23)n1. The summed E-state index contributed by atoms with van der Waals surface area (Å²) in [5.41, 5.74) is -2.87. The number of aliphatic imine (C=N–C) groups is 1. The Bertz CT molecular complexity index is 1620. The largest absolute Gasteiger partial charge is 0.444 e. The number of amides is 2. The summed E-state index contributed by atoms with van der Waals surface area (Å²) in [6, 6.07) is 3.70. The van der Waals surface area contributed by atoms with E-state index in [0.29, 0.717) is 10.6 Å². The minimum Gasteiger partial charge on any atom is -0.444 e. The molecule has 0 saturated heterocycles. The number of pyridine rings is 2. The molecule has 2 aliphatic heterocycles. The summed E-state index contributed by atoms with van der Waals surface area (Å²) in [6.07, 6.45) is -0.571. The summed E-state index contributed by atoms with van der Waals surface area (Å²) >= 11 is 5.92. The Balaban J connectivity index is 1.86. The molecule has 4 rings (SSSR count). The summed E-state index contributed by atoms with van der Waals surface area (Å²) in [6.45, 7) is 9.77. The summed E-state index contributed by atoms with van der Waals surface area (Å²) in [5, 5.41) is 3.83. The molecule has 0 radical (unpaired) electrons. The predicted molar refractivity (Wildman–Crippen MR) is 153 cm³/mol. The second-order valence-corrected chi connectivity index (χ2v) is 15.4. The van der Waals surface area contributed by atoms with Crippen LogP contribution in [-0.4, -0.2) is 60.1 Å². The van der Waals surface area contributed by atoms with Gasteiger partial charge in [0.2, 0.25) is 0 Å². The number of alkyl carbamates (subject to hydrolysis) is 1. The minimum absolute atomic E-state index is 0.0355. The standard InChI is InChI=1S/C27H32ClF3N6O4S/c1-14-10-15(28)12-32-19(14)21(38)35-18-9-8-16(29)20(34-18)26(7)17-11-27(30,31)13-33-42(17,40)25(5,6)22(37-26)36-23(39)41-24(2,3)4/h8-10,12,17H,11,13H2,1-7H3,(H,34,35,38)(H,36,37,39)/t17-,26+,42-/m1/s1. The fraction of sp³-hybridized carbons (Fsp3) is 0.519. The number of nitrogens with one attached hydrogen (secondary N) is 2. The van der Waals surface area contributed by atoms with Gasteiger partial charge in [-0.25, -0.2) is 36.5 Å². The number of ether oxygens (including phenoxy) is 1. The summed E-state index contributed by atoms with van der Waals surface area (Å²) < 4.78 is 67.5. The lowest BCUT2D eigenvalue weighted by atomic mass is 9.88. The monoisotopic (exact) mass is 628 g/mol. The van der Waals surface area contributed by atoms with E-state index in [2.05, 4.69) is 30.0 Å². The van der Waals surface area contributed by atoms with Gasteiger partial charge >= 0.3 is 6.09 Å². The number of fused-ring (bicyclic) bond motifs is 1. The van der Waals surface area contributed by atoms with Crippen LogP contribution in [0.3, 0.4) is 0 Å². The fourth-order valence-corrected chi connectivity index (χ4v) is 8.37. The second kappa shape index (κ2) is 10.5. The molecule has 10 nitrogen and oxygen atoms in total. The lowest BCUT2D eigenvalue weighted by Crippen LogP contribution is -2.64. The number of nitrogens with zero attached hydrogens (tertiary/aromatic N) is 4. The molecule has 4 heterocycles. The third-order valence-corrected chi connectivity index (χ3v) is 10.8. The van der Waals surface area contributed by atoms with Gasteiger partial charge in [0.25, 0.3) is 11.8 Å². The van der Waals surface area contributed by atoms with Crippen LogP contribution >= 0.6 is 11.6 Å². The second-order valence-electron chi connectivity index (χ2n) is 11.9. The van der Waals surface area contributed by atoms with E-state index in [0.717, 1.165) is 6.07 Å². The number of carbonyl (C=O) groups is 2. The van der Waals surface area contributed by atoms with Crippen LogP contribution in [0.2, 0.25) is 5.02 Å². The van der Waals surface area contributed by atoms with Gasteiger partial charge in [-0.3, -0.25) is 15.1 Å². The highest BCUT2D eigenvalue weighted by Gasteiger charge is 2.61. The molecular weight excluding hydrogens is 597 g/mol. The molecule has 3 atom stereocenters. The van der Waals surface area contributed by atoms with Crippen molar-refractivity contribution in [3.8, 4) is 0 Å². The van der Waals surface area contributed by atoms with E-state index in [1.54, 1.807) is 27.7 Å². The highest BCUT2D eigenvalue weighted by atomic mass is 35.5. The summed E-state index contributed by atoms with van der Waals surface area (Å²) in [7, 11) is -3.65. The molecule has 0 unspecified atom stereocenters. The normalized spacial score (nSPS) is 26.3. The number of aryl methyl sites for hydroxylation is 1. The van der Waals surface area contributed by atoms with Crippen LogP contribution in [0.15, 0.2) is 33.8 Å². The van der Waals surface area contributed by atoms with Crippen LogP contribution in [0, 0.1) is 12.7 Å². The Kier molecular flexibility index (Phi) is 7.90. The van der Waals surface area contributed by atoms with Gasteiger partial charge in [0.15, 0.2) is 0 Å². The number of carbonyl (C=O) groups excluding carboxylic acids is 2. The van der Waals surface area contributed by atoms with Gasteiger partial charge in [-0.1, -0.05) is 11.6 Å². The summed E-state index contributed by atoms with van der Waals surface area (Å²) in [4.78, 5) is 38.5. The van der Waals surface area contributed by atoms with E-state index < -0.39 is 73.3 Å². The predicted octanol–water partition coefficient (Wildman–Crippen LogP) is 5.64. The number of rotatable bonds is 3. The van der Waals surface area contributed by atoms with Gasteiger partial charge in [0, 0.05) is 12.6 Å². The van der Waals surface area contributed by atoms with Crippen LogP contribution in [0.4, 0.5) is 23.8 Å². The van der Waals surface area contributed by atoms with Crippen molar-refractivity contribution in [3.63, 3.8) is 0 Å². The van der Waals surface area contributed by atoms with Gasteiger partial charge in [0.05, 0.1) is 20.0 Å². The zero-order valence-corrected chi connectivity index (χ0v) is 25.7. The number of halogens is 4. The maximum atomic E-state index is 15.6. The average Bonchev–Trinajstić information content (AvgIpc) is 2.84. The highest BCUT2D eigenvalue weighted by molar-refractivity contribution is 7.96. The van der Waals surface area contributed by atoms with Crippen molar-refractivity contribution in [1.29, 1.82) is 0 Å². The van der Waals surface area contributed by atoms with E-state index in [4.69, 9.17) is 16.3 Å². The number of hydrogen-bond acceptors (Lipinski definition) is 8. The summed E-state index contributed by atoms with van der Waals surface area (Å²) in [5.74, 6) is -5.31. The number of aromatic nitrogens is 2. The molecule has 2 aromatic heterocycles. The van der Waals surface area contributed by atoms with Crippen molar-refractivity contribution in [1.82, 2.24) is 15.3 Å². The van der Waals surface area contributed by atoms with Crippen molar-refractivity contribution in [2.75, 3.05) is 11.9 Å². The van der Waals surface area contributed by atoms with Crippen LogP contribution in [0.25, 0.3) is 0 Å². The van der Waals surface area contributed by atoms with E-state index in [1.165, 1.54) is 39.1 Å². The van der Waals surface area contributed by atoms with Crippen molar-refractivity contribution >= 4 is 45.0 Å². The van der Waals surface area contributed by atoms with Crippen molar-refractivity contribution in [3.05, 3.63) is 52.2 Å². The van der Waals surface area contributed by atoms with E-state index in [-0.39, 0.29) is 17.3 Å². The molecule has 0 bridgehead atoms. The van der Waals surface area contributed by atoms with Gasteiger partial charge in [-0.05, 0) is 72.2 Å². The molecule has 0 aliphatic carbocycles. The first-order chi connectivity index (χ1) is 19.2. The number of amidine groups is 1. The average molecular weight is 629 g/mol. The molecule has 2 amide bonds. The Labute approximate surface area is 247 Å². The minimum atomic E-state index is -3.65. The molecule has 228 valence electrons. The van der Waals surface area contributed by atoms with Gasteiger partial charge in [0.1, 0.15) is 51.3 Å². The van der Waals surface area contributed by atoms with Gasteiger partial charge in [-0.15, -0.1) is 0 Å². The molecule has 2 N–H and O–H groups in total. The lowest BCUT2D eigenvalue weighted by molar-refractivity contribution is -0.00694. The number of hydrogen-bond donors (Lipinski definition) is 2. The van der Waals surface area contributed by atoms with E-state index in [1.807, 2.05) is 0 Å². The van der Waals surface area contributed by atoms with Crippen LogP contribution in [0.1, 0.15) is 69.7 Å². The molecule has 15 heteroatoms. The Hall–Kier alpha value is -3.26. The topological polar surface area (TPSA) is 135 Å². The lowest BCUT2D eigenvalue weighted by Gasteiger charge is -2.49. The Morgan fingerprint density at radius 1 is 1.17 bits per heavy atom. The third kappa shape index (κ3) is 5.83. The molecule has 2 aliphatic rings. The first-order valence-electron chi connectivity index (χ1n) is 13.0. The van der Waals surface area contributed by atoms with Crippen molar-refractivity contribution in [2.45, 2.75) is 81.9 Å². The number of alkyl halides is 2. The first-order valence-corrected chi connectivity index (χ1v) is 14.9. The van der Waals surface area contributed by atoms with Crippen LogP contribution in [-0.2, 0) is 20.0 Å². The van der Waals surface area contributed by atoms with Gasteiger partial charge < -0.3 is 10.1 Å². The van der Waals surface area contributed by atoms with Crippen molar-refractivity contribution < 1.29 is 31.7 Å². The quantitative estimate of drug-likeness (QED) is 0.452. The Morgan fingerprint density at radius 2 is 1.83 bits per heavy atom. The zero-order chi connectivity index (χ0) is 31.5.